The van der Waals surface area contributed by atoms with Crippen molar-refractivity contribution in [2.75, 3.05) is 18.1 Å². The molecule has 1 saturated heterocycles. The van der Waals surface area contributed by atoms with Gasteiger partial charge in [-0.2, -0.15) is 11.8 Å². The lowest BCUT2D eigenvalue weighted by atomic mass is 9.97. The standard InChI is InChI=1S/C13H18ClNO2S/c14-11-1-2-12(16)10(7-11)8-15-9-13(17)3-5-18-6-4-13/h1-2,7,15-17H,3-6,8-9H2. The van der Waals surface area contributed by atoms with Crippen molar-refractivity contribution in [2.45, 2.75) is 25.0 Å². The van der Waals surface area contributed by atoms with E-state index in [-0.39, 0.29) is 5.75 Å². The molecule has 0 radical (unpaired) electrons. The molecule has 2 rings (SSSR count). The number of phenols is 1. The van der Waals surface area contributed by atoms with Crippen molar-refractivity contribution in [2.24, 2.45) is 0 Å². The Hall–Kier alpha value is -0.420. The molecule has 18 heavy (non-hydrogen) atoms. The summed E-state index contributed by atoms with van der Waals surface area (Å²) in [5.74, 6) is 2.26. The molecule has 5 heteroatoms. The Labute approximate surface area is 117 Å². The number of aromatic hydroxyl groups is 1. The van der Waals surface area contributed by atoms with Crippen LogP contribution in [0.25, 0.3) is 0 Å². The van der Waals surface area contributed by atoms with Crippen LogP contribution in [0.15, 0.2) is 18.2 Å². The quantitative estimate of drug-likeness (QED) is 0.796. The van der Waals surface area contributed by atoms with Crippen molar-refractivity contribution in [3.05, 3.63) is 28.8 Å². The summed E-state index contributed by atoms with van der Waals surface area (Å²) >= 11 is 7.77. The normalized spacial score (nSPS) is 18.8. The Balaban J connectivity index is 1.86. The van der Waals surface area contributed by atoms with Gasteiger partial charge in [0, 0.05) is 23.7 Å². The van der Waals surface area contributed by atoms with Crippen LogP contribution in [0.4, 0.5) is 0 Å². The van der Waals surface area contributed by atoms with Crippen molar-refractivity contribution in [1.82, 2.24) is 5.32 Å². The lowest BCUT2D eigenvalue weighted by Gasteiger charge is -2.32. The van der Waals surface area contributed by atoms with Crippen LogP contribution in [0, 0.1) is 0 Å². The van der Waals surface area contributed by atoms with Crippen LogP contribution in [-0.2, 0) is 6.54 Å². The molecule has 3 N–H and O–H groups in total. The molecule has 0 unspecified atom stereocenters. The molecule has 3 nitrogen and oxygen atoms in total. The number of aliphatic hydroxyl groups is 1. The molecule has 1 aliphatic heterocycles. The minimum absolute atomic E-state index is 0.234. The average Bonchev–Trinajstić information content (AvgIpc) is 2.34. The highest BCUT2D eigenvalue weighted by Gasteiger charge is 2.28. The summed E-state index contributed by atoms with van der Waals surface area (Å²) in [4.78, 5) is 0. The van der Waals surface area contributed by atoms with Crippen molar-refractivity contribution in [3.8, 4) is 5.75 Å². The molecule has 0 atom stereocenters. The Bertz CT molecular complexity index is 408. The van der Waals surface area contributed by atoms with Crippen molar-refractivity contribution in [1.29, 1.82) is 0 Å². The minimum atomic E-state index is -0.598. The van der Waals surface area contributed by atoms with E-state index in [4.69, 9.17) is 11.6 Å². The summed E-state index contributed by atoms with van der Waals surface area (Å²) < 4.78 is 0. The van der Waals surface area contributed by atoms with Gasteiger partial charge in [0.05, 0.1) is 5.60 Å². The van der Waals surface area contributed by atoms with Gasteiger partial charge in [-0.25, -0.2) is 0 Å². The van der Waals surface area contributed by atoms with E-state index in [2.05, 4.69) is 5.32 Å². The third kappa shape index (κ3) is 3.79. The average molecular weight is 288 g/mol. The zero-order valence-corrected chi connectivity index (χ0v) is 11.7. The van der Waals surface area contributed by atoms with Crippen LogP contribution in [0.3, 0.4) is 0 Å². The highest BCUT2D eigenvalue weighted by Crippen LogP contribution is 2.26. The third-order valence-electron chi connectivity index (χ3n) is 3.23. The van der Waals surface area contributed by atoms with Crippen LogP contribution < -0.4 is 5.32 Å². The molecule has 1 aromatic rings. The SMILES string of the molecule is Oc1ccc(Cl)cc1CNCC1(O)CCSCC1. The first-order chi connectivity index (χ1) is 8.59. The molecule has 0 aliphatic carbocycles. The number of phenolic OH excluding ortho intramolecular Hbond substituents is 1. The first-order valence-electron chi connectivity index (χ1n) is 6.07. The molecule has 0 bridgehead atoms. The van der Waals surface area contributed by atoms with Gasteiger partial charge in [0.2, 0.25) is 0 Å². The van der Waals surface area contributed by atoms with E-state index in [1.165, 1.54) is 0 Å². The monoisotopic (exact) mass is 287 g/mol. The maximum absolute atomic E-state index is 10.3. The van der Waals surface area contributed by atoms with Gasteiger partial charge in [-0.1, -0.05) is 11.6 Å². The van der Waals surface area contributed by atoms with Gasteiger partial charge >= 0.3 is 0 Å². The molecule has 1 fully saturated rings. The molecular formula is C13H18ClNO2S. The lowest BCUT2D eigenvalue weighted by molar-refractivity contribution is 0.0320. The fraction of sp³-hybridized carbons (Fsp3) is 0.538. The Morgan fingerprint density at radius 3 is 2.78 bits per heavy atom. The van der Waals surface area contributed by atoms with Gasteiger partial charge in [0.1, 0.15) is 5.75 Å². The maximum atomic E-state index is 10.3. The largest absolute Gasteiger partial charge is 0.508 e. The highest BCUT2D eigenvalue weighted by atomic mass is 35.5. The van der Waals surface area contributed by atoms with Gasteiger partial charge in [-0.05, 0) is 42.5 Å². The molecule has 1 heterocycles. The second-order valence-corrected chi connectivity index (χ2v) is 6.37. The first kappa shape index (κ1) is 14.0. The number of halogens is 1. The number of thioether (sulfide) groups is 1. The number of rotatable bonds is 4. The summed E-state index contributed by atoms with van der Waals surface area (Å²) in [6, 6.07) is 4.99. The summed E-state index contributed by atoms with van der Waals surface area (Å²) in [6.45, 7) is 1.07. The zero-order valence-electron chi connectivity index (χ0n) is 10.2. The molecule has 0 saturated carbocycles. The topological polar surface area (TPSA) is 52.5 Å². The number of benzene rings is 1. The number of hydrogen-bond acceptors (Lipinski definition) is 4. The van der Waals surface area contributed by atoms with Gasteiger partial charge < -0.3 is 15.5 Å². The van der Waals surface area contributed by atoms with Crippen LogP contribution in [0.1, 0.15) is 18.4 Å². The van der Waals surface area contributed by atoms with E-state index in [1.54, 1.807) is 18.2 Å². The fourth-order valence-electron chi connectivity index (χ4n) is 2.05. The van der Waals surface area contributed by atoms with Gasteiger partial charge in [-0.15, -0.1) is 0 Å². The summed E-state index contributed by atoms with van der Waals surface area (Å²) in [7, 11) is 0. The predicted molar refractivity (Wildman–Crippen MR) is 76.3 cm³/mol. The Kier molecular flexibility index (Phi) is 4.78. The van der Waals surface area contributed by atoms with Crippen molar-refractivity contribution in [3.63, 3.8) is 0 Å². The number of hydrogen-bond donors (Lipinski definition) is 3. The summed E-state index contributed by atoms with van der Waals surface area (Å²) in [5.41, 5.74) is 0.163. The molecule has 0 amide bonds. The van der Waals surface area contributed by atoms with Gasteiger partial charge in [0.15, 0.2) is 0 Å². The second-order valence-electron chi connectivity index (χ2n) is 4.71. The highest BCUT2D eigenvalue weighted by molar-refractivity contribution is 7.99. The van der Waals surface area contributed by atoms with E-state index >= 15 is 0 Å². The molecule has 100 valence electrons. The Morgan fingerprint density at radius 1 is 1.33 bits per heavy atom. The summed E-state index contributed by atoms with van der Waals surface area (Å²) in [5, 5.41) is 23.8. The number of nitrogens with one attached hydrogen (secondary N) is 1. The van der Waals surface area contributed by atoms with E-state index in [1.807, 2.05) is 11.8 Å². The first-order valence-corrected chi connectivity index (χ1v) is 7.61. The van der Waals surface area contributed by atoms with Gasteiger partial charge in [-0.3, -0.25) is 0 Å². The molecular weight excluding hydrogens is 270 g/mol. The second kappa shape index (κ2) is 6.15. The van der Waals surface area contributed by atoms with Crippen molar-refractivity contribution < 1.29 is 10.2 Å². The van der Waals surface area contributed by atoms with E-state index in [9.17, 15) is 10.2 Å². The molecule has 0 aromatic heterocycles. The van der Waals surface area contributed by atoms with Crippen LogP contribution in [0.2, 0.25) is 5.02 Å². The fourth-order valence-corrected chi connectivity index (χ4v) is 3.50. The molecule has 1 aliphatic rings. The van der Waals surface area contributed by atoms with E-state index < -0.39 is 5.60 Å². The van der Waals surface area contributed by atoms with Crippen LogP contribution in [0.5, 0.6) is 5.75 Å². The maximum Gasteiger partial charge on any atom is 0.120 e. The molecule has 1 aromatic carbocycles. The van der Waals surface area contributed by atoms with E-state index in [0.29, 0.717) is 18.1 Å². The van der Waals surface area contributed by atoms with Crippen molar-refractivity contribution >= 4 is 23.4 Å². The predicted octanol–water partition coefficient (Wildman–Crippen LogP) is 2.39. The third-order valence-corrected chi connectivity index (χ3v) is 4.46. The van der Waals surface area contributed by atoms with Crippen LogP contribution >= 0.6 is 23.4 Å². The lowest BCUT2D eigenvalue weighted by Crippen LogP contribution is -2.43. The van der Waals surface area contributed by atoms with E-state index in [0.717, 1.165) is 29.9 Å². The zero-order chi connectivity index (χ0) is 13.0. The Morgan fingerprint density at radius 2 is 2.06 bits per heavy atom. The molecule has 0 spiro atoms. The van der Waals surface area contributed by atoms with Crippen LogP contribution in [-0.4, -0.2) is 33.9 Å². The smallest absolute Gasteiger partial charge is 0.120 e. The minimum Gasteiger partial charge on any atom is -0.508 e. The summed E-state index contributed by atoms with van der Waals surface area (Å²) in [6.07, 6.45) is 1.65. The van der Waals surface area contributed by atoms with Gasteiger partial charge in [0.25, 0.3) is 0 Å².